The van der Waals surface area contributed by atoms with Crippen molar-refractivity contribution in [2.24, 2.45) is 0 Å². The molecule has 0 radical (unpaired) electrons. The van der Waals surface area contributed by atoms with Gasteiger partial charge in [-0.15, -0.1) is 0 Å². The van der Waals surface area contributed by atoms with E-state index in [1.165, 1.54) is 6.07 Å². The maximum Gasteiger partial charge on any atom is 0.292 e. The molecule has 1 aromatic carbocycles. The van der Waals surface area contributed by atoms with E-state index < -0.39 is 4.92 Å². The van der Waals surface area contributed by atoms with Crippen molar-refractivity contribution >= 4 is 11.4 Å². The molecule has 0 unspecified atom stereocenters. The van der Waals surface area contributed by atoms with Gasteiger partial charge in [0.2, 0.25) is 0 Å². The summed E-state index contributed by atoms with van der Waals surface area (Å²) >= 11 is 0. The van der Waals surface area contributed by atoms with Gasteiger partial charge in [-0.25, -0.2) is 0 Å². The fraction of sp³-hybridized carbons (Fsp3) is 0.167. The van der Waals surface area contributed by atoms with Crippen LogP contribution in [0.4, 0.5) is 11.4 Å². The first-order valence-corrected chi connectivity index (χ1v) is 5.30. The van der Waals surface area contributed by atoms with Gasteiger partial charge in [-0.2, -0.15) is 0 Å². The summed E-state index contributed by atoms with van der Waals surface area (Å²) in [4.78, 5) is 10.2. The average molecular weight is 248 g/mol. The molecule has 0 fully saturated rings. The van der Waals surface area contributed by atoms with Crippen LogP contribution in [0, 0.1) is 10.1 Å². The van der Waals surface area contributed by atoms with E-state index in [0.29, 0.717) is 17.9 Å². The number of hydrogen-bond donors (Lipinski definition) is 1. The van der Waals surface area contributed by atoms with Gasteiger partial charge in [-0.05, 0) is 12.1 Å². The van der Waals surface area contributed by atoms with Crippen molar-refractivity contribution in [3.63, 3.8) is 0 Å². The highest BCUT2D eigenvalue weighted by molar-refractivity contribution is 5.62. The second-order valence-corrected chi connectivity index (χ2v) is 3.68. The molecule has 0 saturated heterocycles. The van der Waals surface area contributed by atoms with Crippen LogP contribution in [-0.4, -0.2) is 4.92 Å². The lowest BCUT2D eigenvalue weighted by Crippen LogP contribution is -2.02. The molecular formula is C12H12N2O4. The topological polar surface area (TPSA) is 91.5 Å². The highest BCUT2D eigenvalue weighted by Crippen LogP contribution is 2.25. The Balaban J connectivity index is 2.01. The SMILES string of the molecule is Nc1c(COCc2ccco2)cccc1[N+](=O)[O-]. The van der Waals surface area contributed by atoms with Crippen molar-refractivity contribution in [1.82, 2.24) is 0 Å². The number of para-hydroxylation sites is 1. The number of furan rings is 1. The molecule has 0 atom stereocenters. The van der Waals surface area contributed by atoms with Crippen LogP contribution in [0.25, 0.3) is 0 Å². The van der Waals surface area contributed by atoms with Gasteiger partial charge >= 0.3 is 0 Å². The molecule has 6 nitrogen and oxygen atoms in total. The van der Waals surface area contributed by atoms with Crippen LogP contribution in [-0.2, 0) is 18.0 Å². The standard InChI is InChI=1S/C12H12N2O4/c13-12-9(3-1-5-11(12)14(15)16)7-17-8-10-4-2-6-18-10/h1-6H,7-8,13H2. The van der Waals surface area contributed by atoms with Crippen LogP contribution in [0.5, 0.6) is 0 Å². The minimum atomic E-state index is -0.509. The molecule has 1 heterocycles. The zero-order valence-electron chi connectivity index (χ0n) is 9.54. The highest BCUT2D eigenvalue weighted by Gasteiger charge is 2.14. The van der Waals surface area contributed by atoms with Gasteiger partial charge in [0.05, 0.1) is 17.8 Å². The summed E-state index contributed by atoms with van der Waals surface area (Å²) in [5.74, 6) is 0.694. The Kier molecular flexibility index (Phi) is 3.59. The Hall–Kier alpha value is -2.34. The molecule has 6 heteroatoms. The van der Waals surface area contributed by atoms with E-state index in [1.54, 1.807) is 30.5 Å². The molecule has 1 aromatic heterocycles. The number of anilines is 1. The Morgan fingerprint density at radius 1 is 1.28 bits per heavy atom. The van der Waals surface area contributed by atoms with Crippen molar-refractivity contribution in [3.05, 3.63) is 58.0 Å². The summed E-state index contributed by atoms with van der Waals surface area (Å²) in [5.41, 5.74) is 6.33. The Morgan fingerprint density at radius 3 is 2.78 bits per heavy atom. The maximum atomic E-state index is 10.7. The lowest BCUT2D eigenvalue weighted by atomic mass is 10.1. The minimum Gasteiger partial charge on any atom is -0.467 e. The van der Waals surface area contributed by atoms with Gasteiger partial charge in [-0.3, -0.25) is 10.1 Å². The van der Waals surface area contributed by atoms with Crippen molar-refractivity contribution in [3.8, 4) is 0 Å². The number of hydrogen-bond acceptors (Lipinski definition) is 5. The number of nitro benzene ring substituents is 1. The largest absolute Gasteiger partial charge is 0.467 e. The second kappa shape index (κ2) is 5.33. The molecule has 2 rings (SSSR count). The summed E-state index contributed by atoms with van der Waals surface area (Å²) < 4.78 is 10.5. The van der Waals surface area contributed by atoms with Crippen LogP contribution < -0.4 is 5.73 Å². The highest BCUT2D eigenvalue weighted by atomic mass is 16.6. The van der Waals surface area contributed by atoms with Crippen molar-refractivity contribution < 1.29 is 14.1 Å². The van der Waals surface area contributed by atoms with Crippen molar-refractivity contribution in [2.75, 3.05) is 5.73 Å². The zero-order chi connectivity index (χ0) is 13.0. The number of rotatable bonds is 5. The molecule has 0 aliphatic carbocycles. The third-order valence-electron chi connectivity index (χ3n) is 2.45. The van der Waals surface area contributed by atoms with Gasteiger partial charge in [-0.1, -0.05) is 12.1 Å². The first-order valence-electron chi connectivity index (χ1n) is 5.30. The van der Waals surface area contributed by atoms with E-state index in [0.717, 1.165) is 0 Å². The van der Waals surface area contributed by atoms with E-state index in [2.05, 4.69) is 0 Å². The predicted octanol–water partition coefficient (Wildman–Crippen LogP) is 2.49. The van der Waals surface area contributed by atoms with Gasteiger partial charge in [0.1, 0.15) is 18.1 Å². The predicted molar refractivity (Wildman–Crippen MR) is 64.7 cm³/mol. The summed E-state index contributed by atoms with van der Waals surface area (Å²) in [6.45, 7) is 0.503. The van der Waals surface area contributed by atoms with Gasteiger partial charge in [0, 0.05) is 11.6 Å². The number of nitrogens with zero attached hydrogens (tertiary/aromatic N) is 1. The second-order valence-electron chi connectivity index (χ2n) is 3.68. The van der Waals surface area contributed by atoms with Crippen LogP contribution in [0.1, 0.15) is 11.3 Å². The molecule has 0 bridgehead atoms. The van der Waals surface area contributed by atoms with Crippen LogP contribution in [0.2, 0.25) is 0 Å². The fourth-order valence-electron chi connectivity index (χ4n) is 1.54. The smallest absolute Gasteiger partial charge is 0.292 e. The average Bonchev–Trinajstić information content (AvgIpc) is 2.84. The number of ether oxygens (including phenoxy) is 1. The monoisotopic (exact) mass is 248 g/mol. The zero-order valence-corrected chi connectivity index (χ0v) is 9.54. The molecule has 18 heavy (non-hydrogen) atoms. The van der Waals surface area contributed by atoms with Gasteiger partial charge < -0.3 is 14.9 Å². The Bertz CT molecular complexity index is 537. The van der Waals surface area contributed by atoms with E-state index in [1.807, 2.05) is 0 Å². The molecule has 94 valence electrons. The third-order valence-corrected chi connectivity index (χ3v) is 2.45. The summed E-state index contributed by atoms with van der Waals surface area (Å²) in [5, 5.41) is 10.7. The Labute approximate surface area is 103 Å². The molecule has 2 aromatic rings. The maximum absolute atomic E-state index is 10.7. The minimum absolute atomic E-state index is 0.103. The first kappa shape index (κ1) is 12.1. The number of nitrogens with two attached hydrogens (primary N) is 1. The van der Waals surface area contributed by atoms with E-state index in [9.17, 15) is 10.1 Å². The quantitative estimate of drug-likeness (QED) is 0.498. The number of nitrogen functional groups attached to an aromatic ring is 1. The molecule has 0 aliphatic rings. The van der Waals surface area contributed by atoms with Crippen molar-refractivity contribution in [1.29, 1.82) is 0 Å². The van der Waals surface area contributed by atoms with Crippen LogP contribution >= 0.6 is 0 Å². The lowest BCUT2D eigenvalue weighted by Gasteiger charge is -2.06. The first-order chi connectivity index (χ1) is 8.68. The third kappa shape index (κ3) is 2.67. The molecule has 2 N–H and O–H groups in total. The molecule has 0 spiro atoms. The molecule has 0 aliphatic heterocycles. The van der Waals surface area contributed by atoms with Crippen LogP contribution in [0.3, 0.4) is 0 Å². The summed E-state index contributed by atoms with van der Waals surface area (Å²) in [7, 11) is 0. The molecule has 0 saturated carbocycles. The van der Waals surface area contributed by atoms with E-state index >= 15 is 0 Å². The van der Waals surface area contributed by atoms with Crippen molar-refractivity contribution in [2.45, 2.75) is 13.2 Å². The van der Waals surface area contributed by atoms with Gasteiger partial charge in [0.15, 0.2) is 0 Å². The Morgan fingerprint density at radius 2 is 2.11 bits per heavy atom. The lowest BCUT2D eigenvalue weighted by molar-refractivity contribution is -0.384. The van der Waals surface area contributed by atoms with Crippen LogP contribution in [0.15, 0.2) is 41.0 Å². The number of nitro groups is 1. The molecule has 0 amide bonds. The summed E-state index contributed by atoms with van der Waals surface area (Å²) in [6, 6.07) is 8.20. The van der Waals surface area contributed by atoms with Gasteiger partial charge in [0.25, 0.3) is 5.69 Å². The van der Waals surface area contributed by atoms with E-state index in [-0.39, 0.29) is 18.0 Å². The number of benzene rings is 1. The molecular weight excluding hydrogens is 236 g/mol. The summed E-state index contributed by atoms with van der Waals surface area (Å²) in [6.07, 6.45) is 1.56. The fourth-order valence-corrected chi connectivity index (χ4v) is 1.54. The normalized spacial score (nSPS) is 10.4. The van der Waals surface area contributed by atoms with E-state index in [4.69, 9.17) is 14.9 Å².